The maximum absolute atomic E-state index is 12.3. The highest BCUT2D eigenvalue weighted by atomic mass is 16.2. The third-order valence-electron chi connectivity index (χ3n) is 5.25. The second-order valence-electron chi connectivity index (χ2n) is 7.41. The number of nitrogens with one attached hydrogen (secondary N) is 2. The molecule has 30 heavy (non-hydrogen) atoms. The third-order valence-corrected chi connectivity index (χ3v) is 5.25. The van der Waals surface area contributed by atoms with Gasteiger partial charge in [0, 0.05) is 31.5 Å². The van der Waals surface area contributed by atoms with Gasteiger partial charge in [-0.05, 0) is 42.7 Å². The lowest BCUT2D eigenvalue weighted by Gasteiger charge is -2.21. The smallest absolute Gasteiger partial charge is 0.315 e. The average Bonchev–Trinajstić information content (AvgIpc) is 3.09. The highest BCUT2D eigenvalue weighted by Gasteiger charge is 2.12. The van der Waals surface area contributed by atoms with Crippen LogP contribution in [0.3, 0.4) is 0 Å². The van der Waals surface area contributed by atoms with Crippen LogP contribution in [0.5, 0.6) is 0 Å². The van der Waals surface area contributed by atoms with Crippen molar-refractivity contribution in [3.05, 3.63) is 66.4 Å². The van der Waals surface area contributed by atoms with Crippen LogP contribution in [0.4, 0.5) is 10.6 Å². The summed E-state index contributed by atoms with van der Waals surface area (Å²) in [6.07, 6.45) is 8.45. The first-order chi connectivity index (χ1) is 14.8. The summed E-state index contributed by atoms with van der Waals surface area (Å²) in [5.74, 6) is 1.66. The largest absolute Gasteiger partial charge is 0.357 e. The molecule has 1 saturated heterocycles. The molecule has 1 aliphatic rings. The molecule has 0 radical (unpaired) electrons. The van der Waals surface area contributed by atoms with Crippen molar-refractivity contribution in [2.75, 3.05) is 18.0 Å². The fourth-order valence-electron chi connectivity index (χ4n) is 3.63. The number of carbonyl (C=O) groups is 1. The molecule has 0 aliphatic carbocycles. The van der Waals surface area contributed by atoms with Gasteiger partial charge in [-0.1, -0.05) is 31.0 Å². The number of nitrogens with zero attached hydrogens (tertiary/aromatic N) is 5. The van der Waals surface area contributed by atoms with Crippen LogP contribution in [-0.4, -0.2) is 38.9 Å². The molecule has 1 aliphatic heterocycles. The molecule has 8 heteroatoms. The van der Waals surface area contributed by atoms with Gasteiger partial charge in [0.25, 0.3) is 0 Å². The van der Waals surface area contributed by atoms with Crippen LogP contribution < -0.4 is 15.5 Å². The van der Waals surface area contributed by atoms with Crippen molar-refractivity contribution in [3.63, 3.8) is 0 Å². The molecule has 0 saturated carbocycles. The second kappa shape index (κ2) is 9.87. The van der Waals surface area contributed by atoms with Crippen molar-refractivity contribution in [2.45, 2.75) is 38.8 Å². The zero-order chi connectivity index (χ0) is 20.6. The normalized spacial score (nSPS) is 14.2. The van der Waals surface area contributed by atoms with Gasteiger partial charge >= 0.3 is 6.03 Å². The number of aromatic nitrogens is 4. The van der Waals surface area contributed by atoms with Crippen LogP contribution in [0, 0.1) is 0 Å². The predicted molar refractivity (Wildman–Crippen MR) is 115 cm³/mol. The molecular formula is C22H27N7O. The monoisotopic (exact) mass is 405 g/mol. The van der Waals surface area contributed by atoms with E-state index in [1.807, 2.05) is 47.2 Å². The molecule has 2 N–H and O–H groups in total. The lowest BCUT2D eigenvalue weighted by Crippen LogP contribution is -2.35. The van der Waals surface area contributed by atoms with Crippen LogP contribution in [0.25, 0.3) is 5.69 Å². The van der Waals surface area contributed by atoms with Crippen molar-refractivity contribution in [1.29, 1.82) is 0 Å². The molecule has 2 aromatic heterocycles. The number of benzene rings is 1. The van der Waals surface area contributed by atoms with Gasteiger partial charge in [-0.3, -0.25) is 4.57 Å². The molecule has 0 spiro atoms. The Hall–Kier alpha value is -3.42. The number of amides is 2. The highest BCUT2D eigenvalue weighted by molar-refractivity contribution is 5.73. The van der Waals surface area contributed by atoms with Gasteiger partial charge in [0.05, 0.1) is 6.54 Å². The Kier molecular flexibility index (Phi) is 6.54. The Bertz CT molecular complexity index is 949. The zero-order valence-electron chi connectivity index (χ0n) is 17.0. The van der Waals surface area contributed by atoms with Gasteiger partial charge in [0.1, 0.15) is 12.1 Å². The third kappa shape index (κ3) is 5.14. The fourth-order valence-corrected chi connectivity index (χ4v) is 3.63. The second-order valence-corrected chi connectivity index (χ2v) is 7.41. The molecule has 0 bridgehead atoms. The average molecular weight is 406 g/mol. The molecule has 1 fully saturated rings. The number of pyridine rings is 1. The Morgan fingerprint density at radius 2 is 1.73 bits per heavy atom. The summed E-state index contributed by atoms with van der Waals surface area (Å²) < 4.78 is 1.86. The Morgan fingerprint density at radius 1 is 0.967 bits per heavy atom. The lowest BCUT2D eigenvalue weighted by molar-refractivity contribution is 0.240. The van der Waals surface area contributed by atoms with E-state index in [4.69, 9.17) is 0 Å². The molecule has 2 amide bonds. The molecule has 156 valence electrons. The number of carbonyl (C=O) groups excluding carboxylic acids is 1. The fraction of sp³-hybridized carbons (Fsp3) is 0.364. The minimum Gasteiger partial charge on any atom is -0.357 e. The Balaban J connectivity index is 1.30. The maximum Gasteiger partial charge on any atom is 0.315 e. The van der Waals surface area contributed by atoms with E-state index in [0.29, 0.717) is 12.4 Å². The first-order valence-electron chi connectivity index (χ1n) is 10.5. The van der Waals surface area contributed by atoms with Crippen molar-refractivity contribution < 1.29 is 4.79 Å². The SMILES string of the molecule is O=C(NCc1ccnc(N2CCCCCC2)c1)NCc1nncn1-c1ccccc1. The summed E-state index contributed by atoms with van der Waals surface area (Å²) in [5, 5.41) is 13.8. The summed E-state index contributed by atoms with van der Waals surface area (Å²) >= 11 is 0. The van der Waals surface area contributed by atoms with E-state index in [1.54, 1.807) is 6.33 Å². The Morgan fingerprint density at radius 3 is 2.53 bits per heavy atom. The molecule has 0 atom stereocenters. The molecule has 8 nitrogen and oxygen atoms in total. The highest BCUT2D eigenvalue weighted by Crippen LogP contribution is 2.18. The summed E-state index contributed by atoms with van der Waals surface area (Å²) in [5.41, 5.74) is 1.99. The number of para-hydroxylation sites is 1. The number of anilines is 1. The summed E-state index contributed by atoms with van der Waals surface area (Å²) in [6, 6.07) is 13.6. The molecule has 0 unspecified atom stereocenters. The van der Waals surface area contributed by atoms with Crippen molar-refractivity contribution in [2.24, 2.45) is 0 Å². The minimum absolute atomic E-state index is 0.245. The number of urea groups is 1. The summed E-state index contributed by atoms with van der Waals surface area (Å²) in [7, 11) is 0. The van der Waals surface area contributed by atoms with E-state index >= 15 is 0 Å². The number of hydrogen-bond donors (Lipinski definition) is 2. The van der Waals surface area contributed by atoms with Crippen LogP contribution >= 0.6 is 0 Å². The van der Waals surface area contributed by atoms with Crippen molar-refractivity contribution in [3.8, 4) is 5.69 Å². The maximum atomic E-state index is 12.3. The van der Waals surface area contributed by atoms with Gasteiger partial charge in [0.15, 0.2) is 5.82 Å². The van der Waals surface area contributed by atoms with Gasteiger partial charge < -0.3 is 15.5 Å². The predicted octanol–water partition coefficient (Wildman–Crippen LogP) is 3.04. The van der Waals surface area contributed by atoms with Crippen LogP contribution in [-0.2, 0) is 13.1 Å². The van der Waals surface area contributed by atoms with Gasteiger partial charge in [-0.15, -0.1) is 10.2 Å². The van der Waals surface area contributed by atoms with Gasteiger partial charge in [0.2, 0.25) is 0 Å². The first kappa shape index (κ1) is 19.9. The Labute approximate surface area is 176 Å². The van der Waals surface area contributed by atoms with Crippen molar-refractivity contribution in [1.82, 2.24) is 30.4 Å². The standard InChI is InChI=1S/C22H27N7O/c30-22(25-16-21-27-26-17-29(21)19-8-4-3-5-9-19)24-15-18-10-11-23-20(14-18)28-12-6-1-2-7-13-28/h3-5,8-11,14,17H,1-2,6-7,12-13,15-16H2,(H2,24,25,30). The summed E-state index contributed by atoms with van der Waals surface area (Å²) in [6.45, 7) is 2.83. The molecule has 4 rings (SSSR count). The molecule has 1 aromatic carbocycles. The molecule has 3 heterocycles. The molecule has 3 aromatic rings. The van der Waals surface area contributed by atoms with Crippen molar-refractivity contribution >= 4 is 11.8 Å². The van der Waals surface area contributed by atoms with E-state index in [2.05, 4.69) is 36.8 Å². The van der Waals surface area contributed by atoms with E-state index in [-0.39, 0.29) is 12.6 Å². The quantitative estimate of drug-likeness (QED) is 0.658. The van der Waals surface area contributed by atoms with E-state index in [1.165, 1.54) is 25.7 Å². The molecular weight excluding hydrogens is 378 g/mol. The number of rotatable bonds is 6. The van der Waals surface area contributed by atoms with E-state index < -0.39 is 0 Å². The van der Waals surface area contributed by atoms with Gasteiger partial charge in [-0.2, -0.15) is 0 Å². The van der Waals surface area contributed by atoms with Crippen LogP contribution in [0.15, 0.2) is 55.0 Å². The zero-order valence-corrected chi connectivity index (χ0v) is 17.0. The van der Waals surface area contributed by atoms with Crippen LogP contribution in [0.2, 0.25) is 0 Å². The van der Waals surface area contributed by atoms with Crippen LogP contribution in [0.1, 0.15) is 37.1 Å². The number of hydrogen-bond acceptors (Lipinski definition) is 5. The topological polar surface area (TPSA) is 88.0 Å². The lowest BCUT2D eigenvalue weighted by atomic mass is 10.2. The summed E-state index contributed by atoms with van der Waals surface area (Å²) in [4.78, 5) is 19.1. The van der Waals surface area contributed by atoms with E-state index in [0.717, 1.165) is 30.2 Å². The minimum atomic E-state index is -0.245. The first-order valence-corrected chi connectivity index (χ1v) is 10.5. The van der Waals surface area contributed by atoms with Gasteiger partial charge in [-0.25, -0.2) is 9.78 Å². The van der Waals surface area contributed by atoms with E-state index in [9.17, 15) is 4.79 Å².